The van der Waals surface area contributed by atoms with Gasteiger partial charge in [0.15, 0.2) is 6.10 Å². The second-order valence-corrected chi connectivity index (χ2v) is 5.81. The summed E-state index contributed by atoms with van der Waals surface area (Å²) in [5.74, 6) is -1.50. The zero-order valence-electron chi connectivity index (χ0n) is 11.3. The minimum absolute atomic E-state index is 0.154. The van der Waals surface area contributed by atoms with Crippen molar-refractivity contribution < 1.29 is 18.7 Å². The van der Waals surface area contributed by atoms with Crippen LogP contribution >= 0.6 is 15.9 Å². The van der Waals surface area contributed by atoms with Crippen molar-refractivity contribution in [3.8, 4) is 0 Å². The highest BCUT2D eigenvalue weighted by molar-refractivity contribution is 9.10. The molecule has 0 aromatic heterocycles. The molecule has 0 aliphatic carbocycles. The lowest BCUT2D eigenvalue weighted by molar-refractivity contribution is -0.125. The third kappa shape index (κ3) is 3.01. The van der Waals surface area contributed by atoms with Crippen LogP contribution in [0.4, 0.5) is 10.1 Å². The van der Waals surface area contributed by atoms with E-state index in [4.69, 9.17) is 4.74 Å². The van der Waals surface area contributed by atoms with E-state index in [-0.39, 0.29) is 6.42 Å². The lowest BCUT2D eigenvalue weighted by Crippen LogP contribution is -2.38. The Bertz CT molecular complexity index is 746. The van der Waals surface area contributed by atoms with Crippen molar-refractivity contribution >= 4 is 33.5 Å². The van der Waals surface area contributed by atoms with E-state index in [2.05, 4.69) is 21.2 Å². The van der Waals surface area contributed by atoms with Gasteiger partial charge in [-0.1, -0.05) is 15.9 Å². The van der Waals surface area contributed by atoms with Gasteiger partial charge in [0, 0.05) is 16.6 Å². The molecule has 112 valence electrons. The molecule has 1 aliphatic heterocycles. The van der Waals surface area contributed by atoms with Crippen molar-refractivity contribution in [1.82, 2.24) is 0 Å². The molecular formula is C16H11BrFNO3. The van der Waals surface area contributed by atoms with Crippen LogP contribution in [-0.2, 0) is 16.0 Å². The Balaban J connectivity index is 1.77. The average Bonchev–Trinajstić information content (AvgIpc) is 2.49. The molecule has 6 heteroatoms. The molecule has 1 heterocycles. The van der Waals surface area contributed by atoms with Crippen LogP contribution in [-0.4, -0.2) is 18.0 Å². The number of ether oxygens (including phenoxy) is 1. The number of rotatable bonds is 2. The summed E-state index contributed by atoms with van der Waals surface area (Å²) in [6, 6.07) is 10.8. The molecule has 3 rings (SSSR count). The topological polar surface area (TPSA) is 55.4 Å². The van der Waals surface area contributed by atoms with Gasteiger partial charge < -0.3 is 10.1 Å². The molecule has 0 saturated heterocycles. The van der Waals surface area contributed by atoms with Crippen LogP contribution in [0.1, 0.15) is 15.9 Å². The van der Waals surface area contributed by atoms with Gasteiger partial charge in [-0.05, 0) is 48.0 Å². The monoisotopic (exact) mass is 363 g/mol. The number of anilines is 1. The van der Waals surface area contributed by atoms with Crippen LogP contribution < -0.4 is 5.32 Å². The SMILES string of the molecule is O=C1OC(C(=O)Nc2ccc(Br)cc2)Cc2cc(F)ccc21. The number of carbonyl (C=O) groups is 2. The molecule has 22 heavy (non-hydrogen) atoms. The van der Waals surface area contributed by atoms with Gasteiger partial charge >= 0.3 is 5.97 Å². The van der Waals surface area contributed by atoms with E-state index < -0.39 is 23.8 Å². The van der Waals surface area contributed by atoms with Crippen molar-refractivity contribution in [2.75, 3.05) is 5.32 Å². The van der Waals surface area contributed by atoms with E-state index in [0.29, 0.717) is 16.8 Å². The van der Waals surface area contributed by atoms with Gasteiger partial charge in [0.1, 0.15) is 5.82 Å². The van der Waals surface area contributed by atoms with E-state index in [1.807, 2.05) is 0 Å². The normalized spacial score (nSPS) is 16.6. The number of fused-ring (bicyclic) bond motifs is 1. The van der Waals surface area contributed by atoms with Crippen LogP contribution in [0.5, 0.6) is 0 Å². The van der Waals surface area contributed by atoms with Gasteiger partial charge in [0.05, 0.1) is 5.56 Å². The highest BCUT2D eigenvalue weighted by Gasteiger charge is 2.31. The van der Waals surface area contributed by atoms with Gasteiger partial charge in [-0.25, -0.2) is 9.18 Å². The second-order valence-electron chi connectivity index (χ2n) is 4.90. The first-order chi connectivity index (χ1) is 10.5. The first-order valence-corrected chi connectivity index (χ1v) is 7.38. The number of amides is 1. The molecule has 0 bridgehead atoms. The number of hydrogen-bond donors (Lipinski definition) is 1. The number of nitrogens with one attached hydrogen (secondary N) is 1. The number of cyclic esters (lactones) is 1. The predicted molar refractivity (Wildman–Crippen MR) is 82.1 cm³/mol. The Morgan fingerprint density at radius 3 is 2.68 bits per heavy atom. The van der Waals surface area contributed by atoms with Crippen molar-refractivity contribution in [2.24, 2.45) is 0 Å². The van der Waals surface area contributed by atoms with Gasteiger partial charge in [-0.3, -0.25) is 4.79 Å². The fourth-order valence-corrected chi connectivity index (χ4v) is 2.53. The Hall–Kier alpha value is -2.21. The molecule has 0 fully saturated rings. The lowest BCUT2D eigenvalue weighted by Gasteiger charge is -2.23. The van der Waals surface area contributed by atoms with Crippen molar-refractivity contribution in [2.45, 2.75) is 12.5 Å². The Labute approximate surface area is 134 Å². The van der Waals surface area contributed by atoms with Crippen molar-refractivity contribution in [3.05, 3.63) is 63.9 Å². The van der Waals surface area contributed by atoms with Crippen LogP contribution in [0.2, 0.25) is 0 Å². The number of esters is 1. The third-order valence-corrected chi connectivity index (χ3v) is 3.87. The van der Waals surface area contributed by atoms with Gasteiger partial charge in [-0.2, -0.15) is 0 Å². The minimum atomic E-state index is -0.967. The maximum absolute atomic E-state index is 13.3. The molecule has 1 amide bonds. The van der Waals surface area contributed by atoms with Crippen LogP contribution in [0.25, 0.3) is 0 Å². The predicted octanol–water partition coefficient (Wildman–Crippen LogP) is 3.31. The summed E-state index contributed by atoms with van der Waals surface area (Å²) >= 11 is 3.30. The Kier molecular flexibility index (Phi) is 3.94. The fourth-order valence-electron chi connectivity index (χ4n) is 2.27. The summed E-state index contributed by atoms with van der Waals surface area (Å²) in [4.78, 5) is 24.1. The number of hydrogen-bond acceptors (Lipinski definition) is 3. The molecule has 0 radical (unpaired) electrons. The summed E-state index contributed by atoms with van der Waals surface area (Å²) in [6.45, 7) is 0. The van der Waals surface area contributed by atoms with E-state index in [0.717, 1.165) is 4.47 Å². The molecule has 1 aliphatic rings. The van der Waals surface area contributed by atoms with E-state index >= 15 is 0 Å². The maximum Gasteiger partial charge on any atom is 0.339 e. The lowest BCUT2D eigenvalue weighted by atomic mass is 9.98. The van der Waals surface area contributed by atoms with Crippen LogP contribution in [0.15, 0.2) is 46.9 Å². The van der Waals surface area contributed by atoms with Crippen LogP contribution in [0.3, 0.4) is 0 Å². The molecule has 0 spiro atoms. The second kappa shape index (κ2) is 5.88. The summed E-state index contributed by atoms with van der Waals surface area (Å²) in [7, 11) is 0. The third-order valence-electron chi connectivity index (χ3n) is 3.35. The fraction of sp³-hybridized carbons (Fsp3) is 0.125. The molecule has 2 aromatic carbocycles. The maximum atomic E-state index is 13.3. The van der Waals surface area contributed by atoms with Gasteiger partial charge in [0.25, 0.3) is 5.91 Å². The Morgan fingerprint density at radius 1 is 1.23 bits per heavy atom. The molecule has 0 saturated carbocycles. The first-order valence-electron chi connectivity index (χ1n) is 6.59. The average molecular weight is 364 g/mol. The number of carbonyl (C=O) groups excluding carboxylic acids is 2. The van der Waals surface area contributed by atoms with E-state index in [1.165, 1.54) is 18.2 Å². The minimum Gasteiger partial charge on any atom is -0.448 e. The van der Waals surface area contributed by atoms with E-state index in [1.54, 1.807) is 24.3 Å². The standard InChI is InChI=1S/C16H11BrFNO3/c17-10-1-4-12(5-2-10)19-15(20)14-8-9-7-11(18)3-6-13(9)16(21)22-14/h1-7,14H,8H2,(H,19,20). The summed E-state index contributed by atoms with van der Waals surface area (Å²) in [6.07, 6.45) is -0.813. The summed E-state index contributed by atoms with van der Waals surface area (Å²) in [5, 5.41) is 2.67. The molecule has 1 N–H and O–H groups in total. The zero-order valence-corrected chi connectivity index (χ0v) is 12.9. The van der Waals surface area contributed by atoms with Crippen molar-refractivity contribution in [1.29, 1.82) is 0 Å². The molecule has 1 unspecified atom stereocenters. The first kappa shape index (κ1) is 14.7. The van der Waals surface area contributed by atoms with Crippen molar-refractivity contribution in [3.63, 3.8) is 0 Å². The summed E-state index contributed by atoms with van der Waals surface area (Å²) < 4.78 is 19.3. The largest absolute Gasteiger partial charge is 0.448 e. The molecule has 2 aromatic rings. The van der Waals surface area contributed by atoms with Crippen LogP contribution in [0, 0.1) is 5.82 Å². The highest BCUT2D eigenvalue weighted by atomic mass is 79.9. The highest BCUT2D eigenvalue weighted by Crippen LogP contribution is 2.23. The molecular weight excluding hydrogens is 353 g/mol. The number of benzene rings is 2. The Morgan fingerprint density at radius 2 is 1.95 bits per heavy atom. The molecule has 4 nitrogen and oxygen atoms in total. The summed E-state index contributed by atoms with van der Waals surface area (Å²) in [5.41, 5.74) is 1.37. The van der Waals surface area contributed by atoms with Gasteiger partial charge in [0.2, 0.25) is 0 Å². The van der Waals surface area contributed by atoms with Gasteiger partial charge in [-0.15, -0.1) is 0 Å². The quantitative estimate of drug-likeness (QED) is 0.832. The number of halogens is 2. The molecule has 1 atom stereocenters. The van der Waals surface area contributed by atoms with E-state index in [9.17, 15) is 14.0 Å². The zero-order chi connectivity index (χ0) is 15.7. The smallest absolute Gasteiger partial charge is 0.339 e.